The highest BCUT2D eigenvalue weighted by Crippen LogP contribution is 2.17. The van der Waals surface area contributed by atoms with Crippen LogP contribution in [-0.4, -0.2) is 19.6 Å². The van der Waals surface area contributed by atoms with E-state index in [4.69, 9.17) is 11.6 Å². The third-order valence-corrected chi connectivity index (χ3v) is 3.83. The van der Waals surface area contributed by atoms with Crippen molar-refractivity contribution in [3.05, 3.63) is 69.7 Å². The molecule has 0 bridgehead atoms. The second kappa shape index (κ2) is 5.40. The number of aromatic nitrogens is 4. The zero-order chi connectivity index (χ0) is 15.8. The Hall–Kier alpha value is -2.86. The molecular formula is C16H12ClN5O. The molecule has 7 heteroatoms. The van der Waals surface area contributed by atoms with Crippen molar-refractivity contribution in [2.45, 2.75) is 6.54 Å². The Kier molecular flexibility index (Phi) is 3.24. The maximum absolute atomic E-state index is 12.1. The molecule has 6 nitrogen and oxygen atoms in total. The Bertz CT molecular complexity index is 1070. The third-order valence-electron chi connectivity index (χ3n) is 3.60. The minimum Gasteiger partial charge on any atom is -0.364 e. The van der Waals surface area contributed by atoms with Crippen LogP contribution in [0.25, 0.3) is 16.6 Å². The summed E-state index contributed by atoms with van der Waals surface area (Å²) < 4.78 is 1.67. The average Bonchev–Trinajstić information content (AvgIpc) is 3.01. The maximum atomic E-state index is 12.1. The number of nitrogens with one attached hydrogen (secondary N) is 2. The number of anilines is 1. The van der Waals surface area contributed by atoms with Gasteiger partial charge in [-0.2, -0.15) is 0 Å². The zero-order valence-corrected chi connectivity index (χ0v) is 12.7. The molecule has 0 unspecified atom stereocenters. The van der Waals surface area contributed by atoms with Gasteiger partial charge in [0.2, 0.25) is 0 Å². The fourth-order valence-corrected chi connectivity index (χ4v) is 2.63. The van der Waals surface area contributed by atoms with Gasteiger partial charge < -0.3 is 10.3 Å². The quantitative estimate of drug-likeness (QED) is 0.607. The van der Waals surface area contributed by atoms with Crippen LogP contribution in [0, 0.1) is 0 Å². The number of H-pyrrole nitrogens is 1. The molecule has 114 valence electrons. The van der Waals surface area contributed by atoms with Crippen LogP contribution in [0.3, 0.4) is 0 Å². The first-order valence-corrected chi connectivity index (χ1v) is 7.42. The van der Waals surface area contributed by atoms with Crippen molar-refractivity contribution in [3.63, 3.8) is 0 Å². The number of halogens is 1. The van der Waals surface area contributed by atoms with E-state index in [9.17, 15) is 4.79 Å². The smallest absolute Gasteiger partial charge is 0.253 e. The van der Waals surface area contributed by atoms with Crippen LogP contribution in [0.2, 0.25) is 5.02 Å². The summed E-state index contributed by atoms with van der Waals surface area (Å²) >= 11 is 6.00. The molecule has 1 aromatic carbocycles. The van der Waals surface area contributed by atoms with Crippen molar-refractivity contribution in [3.8, 4) is 0 Å². The van der Waals surface area contributed by atoms with Crippen LogP contribution in [0.15, 0.2) is 53.6 Å². The van der Waals surface area contributed by atoms with E-state index in [2.05, 4.69) is 20.4 Å². The van der Waals surface area contributed by atoms with Crippen molar-refractivity contribution in [1.82, 2.24) is 19.6 Å². The Labute approximate surface area is 135 Å². The average molecular weight is 326 g/mol. The van der Waals surface area contributed by atoms with Gasteiger partial charge in [0.1, 0.15) is 5.82 Å². The largest absolute Gasteiger partial charge is 0.364 e. The molecule has 0 amide bonds. The first kappa shape index (κ1) is 13.8. The number of hydrogen-bond donors (Lipinski definition) is 2. The number of fused-ring (bicyclic) bond motifs is 2. The normalized spacial score (nSPS) is 11.2. The van der Waals surface area contributed by atoms with E-state index >= 15 is 0 Å². The van der Waals surface area contributed by atoms with Gasteiger partial charge in [-0.15, -0.1) is 5.10 Å². The molecule has 2 N–H and O–H groups in total. The predicted octanol–water partition coefficient (Wildman–Crippen LogP) is 2.84. The van der Waals surface area contributed by atoms with Crippen LogP contribution in [0.4, 0.5) is 5.82 Å². The second-order valence-electron chi connectivity index (χ2n) is 5.16. The Balaban J connectivity index is 1.63. The number of nitrogens with zero attached hydrogens (tertiary/aromatic N) is 3. The first-order valence-electron chi connectivity index (χ1n) is 7.05. The van der Waals surface area contributed by atoms with E-state index in [0.29, 0.717) is 22.9 Å². The topological polar surface area (TPSA) is 75.1 Å². The first-order chi connectivity index (χ1) is 11.2. The highest BCUT2D eigenvalue weighted by molar-refractivity contribution is 6.31. The number of pyridine rings is 1. The van der Waals surface area contributed by atoms with Crippen molar-refractivity contribution in [1.29, 1.82) is 0 Å². The van der Waals surface area contributed by atoms with Gasteiger partial charge >= 0.3 is 0 Å². The molecule has 0 aliphatic heterocycles. The van der Waals surface area contributed by atoms with Crippen molar-refractivity contribution in [2.75, 3.05) is 5.32 Å². The molecule has 0 radical (unpaired) electrons. The van der Waals surface area contributed by atoms with Crippen LogP contribution in [0.5, 0.6) is 0 Å². The molecule has 3 aromatic heterocycles. The summed E-state index contributed by atoms with van der Waals surface area (Å²) in [5.41, 5.74) is 2.03. The number of hydrogen-bond acceptors (Lipinski definition) is 4. The highest BCUT2D eigenvalue weighted by atomic mass is 35.5. The maximum Gasteiger partial charge on any atom is 0.253 e. The molecule has 4 aromatic rings. The summed E-state index contributed by atoms with van der Waals surface area (Å²) in [5.74, 6) is 0.668. The van der Waals surface area contributed by atoms with Crippen LogP contribution in [0.1, 0.15) is 5.56 Å². The highest BCUT2D eigenvalue weighted by Gasteiger charge is 2.05. The molecular weight excluding hydrogens is 314 g/mol. The monoisotopic (exact) mass is 325 g/mol. The van der Waals surface area contributed by atoms with Crippen LogP contribution < -0.4 is 10.9 Å². The van der Waals surface area contributed by atoms with E-state index in [1.807, 2.05) is 24.3 Å². The van der Waals surface area contributed by atoms with Crippen LogP contribution in [-0.2, 0) is 6.54 Å². The van der Waals surface area contributed by atoms with E-state index in [0.717, 1.165) is 16.6 Å². The Morgan fingerprint density at radius 1 is 1.22 bits per heavy atom. The second-order valence-corrected chi connectivity index (χ2v) is 5.59. The van der Waals surface area contributed by atoms with Gasteiger partial charge in [-0.3, -0.25) is 4.79 Å². The van der Waals surface area contributed by atoms with Gasteiger partial charge in [-0.05, 0) is 36.4 Å². The number of benzene rings is 1. The molecule has 0 spiro atoms. The summed E-state index contributed by atoms with van der Waals surface area (Å²) in [7, 11) is 0. The summed E-state index contributed by atoms with van der Waals surface area (Å²) in [6, 6.07) is 10.9. The van der Waals surface area contributed by atoms with Gasteiger partial charge in [0, 0.05) is 40.4 Å². The summed E-state index contributed by atoms with van der Waals surface area (Å²) in [6.45, 7) is 0.366. The Morgan fingerprint density at radius 2 is 2.13 bits per heavy atom. The summed E-state index contributed by atoms with van der Waals surface area (Å²) in [5, 5.41) is 9.05. The van der Waals surface area contributed by atoms with Gasteiger partial charge in [-0.1, -0.05) is 11.6 Å². The number of rotatable bonds is 3. The Morgan fingerprint density at radius 3 is 3.04 bits per heavy atom. The summed E-state index contributed by atoms with van der Waals surface area (Å²) in [6.07, 6.45) is 3.45. The molecule has 0 saturated heterocycles. The third kappa shape index (κ3) is 2.64. The fourth-order valence-electron chi connectivity index (χ4n) is 2.45. The molecule has 0 aliphatic rings. The lowest BCUT2D eigenvalue weighted by Crippen LogP contribution is -2.16. The van der Waals surface area contributed by atoms with Gasteiger partial charge in [0.25, 0.3) is 5.56 Å². The zero-order valence-electron chi connectivity index (χ0n) is 12.0. The van der Waals surface area contributed by atoms with Gasteiger partial charge in [0.05, 0.1) is 0 Å². The molecule has 0 saturated carbocycles. The lowest BCUT2D eigenvalue weighted by atomic mass is 10.1. The predicted molar refractivity (Wildman–Crippen MR) is 89.9 cm³/mol. The standard InChI is InChI=1S/C16H12ClN5O/c17-12-1-2-13-10(8-12)7-11(16(23)20-13)9-19-14-3-4-15-18-5-6-22(15)21-14/h1-8H,9H2,(H,19,21)(H,20,23). The number of aromatic amines is 1. The molecule has 4 rings (SSSR count). The molecule has 0 atom stereocenters. The molecule has 23 heavy (non-hydrogen) atoms. The molecule has 0 fully saturated rings. The minimum atomic E-state index is -0.129. The SMILES string of the molecule is O=c1[nH]c2ccc(Cl)cc2cc1CNc1ccc2nccn2n1. The van der Waals surface area contributed by atoms with Gasteiger partial charge in [-0.25, -0.2) is 9.50 Å². The fraction of sp³-hybridized carbons (Fsp3) is 0.0625. The lowest BCUT2D eigenvalue weighted by molar-refractivity contribution is 0.923. The van der Waals surface area contributed by atoms with E-state index in [1.165, 1.54) is 0 Å². The van der Waals surface area contributed by atoms with Crippen molar-refractivity contribution < 1.29 is 0 Å². The number of imidazole rings is 1. The summed E-state index contributed by atoms with van der Waals surface area (Å²) in [4.78, 5) is 19.1. The van der Waals surface area contributed by atoms with E-state index in [-0.39, 0.29) is 5.56 Å². The minimum absolute atomic E-state index is 0.129. The van der Waals surface area contributed by atoms with Gasteiger partial charge in [0.15, 0.2) is 5.65 Å². The van der Waals surface area contributed by atoms with Crippen molar-refractivity contribution >= 4 is 34.0 Å². The molecule has 0 aliphatic carbocycles. The van der Waals surface area contributed by atoms with E-state index < -0.39 is 0 Å². The molecule has 3 heterocycles. The van der Waals surface area contributed by atoms with Crippen LogP contribution >= 0.6 is 11.6 Å². The van der Waals surface area contributed by atoms with E-state index in [1.54, 1.807) is 29.0 Å². The van der Waals surface area contributed by atoms with Crippen molar-refractivity contribution in [2.24, 2.45) is 0 Å². The lowest BCUT2D eigenvalue weighted by Gasteiger charge is -2.07.